The van der Waals surface area contributed by atoms with Crippen LogP contribution in [0.4, 0.5) is 5.69 Å². The van der Waals surface area contributed by atoms with Crippen LogP contribution in [-0.4, -0.2) is 33.0 Å². The summed E-state index contributed by atoms with van der Waals surface area (Å²) >= 11 is 0. The predicted molar refractivity (Wildman–Crippen MR) is 113 cm³/mol. The molecule has 0 N–H and O–H groups in total. The summed E-state index contributed by atoms with van der Waals surface area (Å²) in [4.78, 5) is 28.0. The van der Waals surface area contributed by atoms with Gasteiger partial charge < -0.3 is 14.2 Å². The van der Waals surface area contributed by atoms with Crippen LogP contribution in [0.5, 0.6) is 17.2 Å². The van der Waals surface area contributed by atoms with E-state index in [4.69, 9.17) is 14.2 Å². The molecular weight excluding hydrogens is 382 g/mol. The molecule has 0 radical (unpaired) electrons. The Balaban J connectivity index is 1.83. The molecule has 0 aromatic heterocycles. The number of carbonyl (C=O) groups is 2. The molecule has 6 heteroatoms. The van der Waals surface area contributed by atoms with Gasteiger partial charge in [-0.25, -0.2) is 0 Å². The summed E-state index contributed by atoms with van der Waals surface area (Å²) in [6.45, 7) is 0. The molecule has 0 spiro atoms. The molecule has 2 aromatic rings. The number of methoxy groups -OCH3 is 3. The second-order valence-electron chi connectivity index (χ2n) is 7.47. The van der Waals surface area contributed by atoms with Gasteiger partial charge in [-0.3, -0.25) is 14.5 Å². The number of Topliss-reactive ketones (excluding diaryl/α,β-unsaturated/α-hetero) is 1. The fraction of sp³-hybridized carbons (Fsp3) is 0.333. The second kappa shape index (κ2) is 8.22. The molecule has 1 unspecified atom stereocenters. The van der Waals surface area contributed by atoms with Crippen molar-refractivity contribution in [2.75, 3.05) is 26.2 Å². The maximum atomic E-state index is 13.3. The molecule has 2 aromatic carbocycles. The lowest BCUT2D eigenvalue weighted by atomic mass is 9.77. The van der Waals surface area contributed by atoms with Crippen LogP contribution in [0.25, 0.3) is 0 Å². The van der Waals surface area contributed by atoms with Crippen LogP contribution in [0.2, 0.25) is 0 Å². The molecule has 0 saturated heterocycles. The van der Waals surface area contributed by atoms with Crippen molar-refractivity contribution in [2.24, 2.45) is 0 Å². The van der Waals surface area contributed by atoms with E-state index in [-0.39, 0.29) is 24.0 Å². The third kappa shape index (κ3) is 3.54. The standard InChI is InChI=1S/C24H25NO5/c1-28-17-9-7-15(8-10-17)20-14-23(27)25(21-5-4-6-22(26)24(20)21)16-11-18(29-2)13-19(12-16)30-3/h7-13,20H,4-6,14H2,1-3H3. The zero-order chi connectivity index (χ0) is 21.3. The number of hydrogen-bond donors (Lipinski definition) is 0. The largest absolute Gasteiger partial charge is 0.497 e. The Bertz CT molecular complexity index is 987. The molecule has 1 amide bonds. The van der Waals surface area contributed by atoms with Gasteiger partial charge in [0, 0.05) is 48.2 Å². The number of ether oxygens (including phenoxy) is 3. The second-order valence-corrected chi connectivity index (χ2v) is 7.47. The van der Waals surface area contributed by atoms with E-state index in [1.54, 1.807) is 44.4 Å². The van der Waals surface area contributed by atoms with Crippen molar-refractivity contribution in [1.29, 1.82) is 0 Å². The third-order valence-corrected chi connectivity index (χ3v) is 5.79. The van der Waals surface area contributed by atoms with Crippen molar-refractivity contribution in [3.8, 4) is 17.2 Å². The van der Waals surface area contributed by atoms with Crippen LogP contribution in [0.3, 0.4) is 0 Å². The topological polar surface area (TPSA) is 65.1 Å². The average Bonchev–Trinajstić information content (AvgIpc) is 2.78. The van der Waals surface area contributed by atoms with Gasteiger partial charge in [-0.1, -0.05) is 12.1 Å². The minimum Gasteiger partial charge on any atom is -0.497 e. The van der Waals surface area contributed by atoms with E-state index in [0.29, 0.717) is 30.0 Å². The monoisotopic (exact) mass is 407 g/mol. The van der Waals surface area contributed by atoms with E-state index < -0.39 is 0 Å². The molecule has 1 atom stereocenters. The number of carbonyl (C=O) groups excluding carboxylic acids is 2. The molecule has 4 rings (SSSR count). The highest BCUT2D eigenvalue weighted by atomic mass is 16.5. The van der Waals surface area contributed by atoms with Gasteiger partial charge in [0.25, 0.3) is 0 Å². The number of nitrogens with zero attached hydrogens (tertiary/aromatic N) is 1. The molecule has 1 aliphatic carbocycles. The first kappa shape index (κ1) is 20.0. The number of ketones is 1. The molecule has 30 heavy (non-hydrogen) atoms. The van der Waals surface area contributed by atoms with E-state index in [1.807, 2.05) is 24.3 Å². The van der Waals surface area contributed by atoms with E-state index in [0.717, 1.165) is 29.0 Å². The van der Waals surface area contributed by atoms with Crippen molar-refractivity contribution >= 4 is 17.4 Å². The first-order valence-electron chi connectivity index (χ1n) is 10.0. The van der Waals surface area contributed by atoms with Gasteiger partial charge in [0.05, 0.1) is 27.0 Å². The number of rotatable bonds is 5. The number of anilines is 1. The zero-order valence-corrected chi connectivity index (χ0v) is 17.4. The molecule has 1 aliphatic heterocycles. The Labute approximate surface area is 176 Å². The maximum absolute atomic E-state index is 13.3. The summed E-state index contributed by atoms with van der Waals surface area (Å²) in [5.74, 6) is 1.77. The molecule has 2 aliphatic rings. The quantitative estimate of drug-likeness (QED) is 0.742. The van der Waals surface area contributed by atoms with Crippen molar-refractivity contribution in [1.82, 2.24) is 0 Å². The Kier molecular flexibility index (Phi) is 5.48. The fourth-order valence-electron chi connectivity index (χ4n) is 4.33. The van der Waals surface area contributed by atoms with Gasteiger partial charge in [-0.05, 0) is 30.5 Å². The number of benzene rings is 2. The maximum Gasteiger partial charge on any atom is 0.232 e. The van der Waals surface area contributed by atoms with E-state index in [2.05, 4.69) is 0 Å². The smallest absolute Gasteiger partial charge is 0.232 e. The van der Waals surface area contributed by atoms with Crippen LogP contribution < -0.4 is 19.1 Å². The molecule has 0 saturated carbocycles. The van der Waals surface area contributed by atoms with Gasteiger partial charge in [0.1, 0.15) is 17.2 Å². The minimum atomic E-state index is -0.241. The minimum absolute atomic E-state index is 0.0421. The van der Waals surface area contributed by atoms with Crippen LogP contribution in [0.15, 0.2) is 53.7 Å². The fourth-order valence-corrected chi connectivity index (χ4v) is 4.33. The van der Waals surface area contributed by atoms with Gasteiger partial charge in [0.2, 0.25) is 5.91 Å². The number of amides is 1. The highest BCUT2D eigenvalue weighted by molar-refractivity contribution is 6.07. The van der Waals surface area contributed by atoms with Gasteiger partial charge >= 0.3 is 0 Å². The van der Waals surface area contributed by atoms with Crippen molar-refractivity contribution < 1.29 is 23.8 Å². The summed E-state index contributed by atoms with van der Waals surface area (Å²) in [7, 11) is 4.76. The SMILES string of the molecule is COc1ccc(C2CC(=O)N(c3cc(OC)cc(OC)c3)C3=C2C(=O)CCC3)cc1. The lowest BCUT2D eigenvalue weighted by molar-refractivity contribution is -0.119. The summed E-state index contributed by atoms with van der Waals surface area (Å²) < 4.78 is 16.0. The Hall–Kier alpha value is -3.28. The van der Waals surface area contributed by atoms with Gasteiger partial charge in [0.15, 0.2) is 5.78 Å². The van der Waals surface area contributed by atoms with Crippen LogP contribution in [0, 0.1) is 0 Å². The van der Waals surface area contributed by atoms with Crippen molar-refractivity contribution in [3.63, 3.8) is 0 Å². The van der Waals surface area contributed by atoms with Crippen LogP contribution in [0.1, 0.15) is 37.2 Å². The Morgan fingerprint density at radius 2 is 1.47 bits per heavy atom. The summed E-state index contributed by atoms with van der Waals surface area (Å²) in [5, 5.41) is 0. The first-order chi connectivity index (χ1) is 14.5. The lowest BCUT2D eigenvalue weighted by Crippen LogP contribution is -2.40. The first-order valence-corrected chi connectivity index (χ1v) is 10.0. The summed E-state index contributed by atoms with van der Waals surface area (Å²) in [6.07, 6.45) is 2.16. The average molecular weight is 407 g/mol. The van der Waals surface area contributed by atoms with E-state index >= 15 is 0 Å². The molecule has 0 bridgehead atoms. The summed E-state index contributed by atoms with van der Waals surface area (Å²) in [5.41, 5.74) is 3.15. The Morgan fingerprint density at radius 1 is 0.833 bits per heavy atom. The molecule has 156 valence electrons. The number of allylic oxidation sites excluding steroid dienone is 2. The highest BCUT2D eigenvalue weighted by Gasteiger charge is 2.39. The lowest BCUT2D eigenvalue weighted by Gasteiger charge is -2.38. The van der Waals surface area contributed by atoms with Gasteiger partial charge in [-0.2, -0.15) is 0 Å². The molecule has 1 heterocycles. The molecule has 6 nitrogen and oxygen atoms in total. The van der Waals surface area contributed by atoms with Crippen LogP contribution >= 0.6 is 0 Å². The van der Waals surface area contributed by atoms with E-state index in [9.17, 15) is 9.59 Å². The van der Waals surface area contributed by atoms with Crippen molar-refractivity contribution in [2.45, 2.75) is 31.6 Å². The predicted octanol–water partition coefficient (Wildman–Crippen LogP) is 4.24. The number of hydrogen-bond acceptors (Lipinski definition) is 5. The van der Waals surface area contributed by atoms with Crippen LogP contribution in [-0.2, 0) is 9.59 Å². The van der Waals surface area contributed by atoms with E-state index in [1.165, 1.54) is 0 Å². The zero-order valence-electron chi connectivity index (χ0n) is 17.4. The van der Waals surface area contributed by atoms with Crippen molar-refractivity contribution in [3.05, 3.63) is 59.3 Å². The van der Waals surface area contributed by atoms with Gasteiger partial charge in [-0.15, -0.1) is 0 Å². The normalized spacial score (nSPS) is 18.9. The molecular formula is C24H25NO5. The summed E-state index contributed by atoms with van der Waals surface area (Å²) in [6, 6.07) is 13.0. The Morgan fingerprint density at radius 3 is 2.07 bits per heavy atom. The molecule has 0 fully saturated rings. The highest BCUT2D eigenvalue weighted by Crippen LogP contribution is 2.44. The third-order valence-electron chi connectivity index (χ3n) is 5.79.